The summed E-state index contributed by atoms with van der Waals surface area (Å²) in [7, 11) is 0. The molecule has 0 aliphatic heterocycles. The molecule has 0 bridgehead atoms. The van der Waals surface area contributed by atoms with Crippen LogP contribution in [0.5, 0.6) is 11.5 Å². The van der Waals surface area contributed by atoms with Gasteiger partial charge in [0, 0.05) is 16.8 Å². The highest BCUT2D eigenvalue weighted by molar-refractivity contribution is 6.35. The van der Waals surface area contributed by atoms with Crippen LogP contribution in [0.3, 0.4) is 0 Å². The third-order valence-corrected chi connectivity index (χ3v) is 3.49. The van der Waals surface area contributed by atoms with Gasteiger partial charge in [0.2, 0.25) is 0 Å². The van der Waals surface area contributed by atoms with Crippen LogP contribution in [-0.2, 0) is 0 Å². The molecule has 0 spiro atoms. The normalized spacial score (nSPS) is 11.8. The summed E-state index contributed by atoms with van der Waals surface area (Å²) in [6.45, 7) is 5.24. The maximum absolute atomic E-state index is 6.10. The standard InChI is InChI=1S/C17H19Cl2NO2/c1-3-21-15-6-4-5-14(10-15)20-11-12(2)22-17-8-7-13(18)9-16(17)19/h4-10,12,20H,3,11H2,1-2H3/t12-/m0/s1. The van der Waals surface area contributed by atoms with Crippen molar-refractivity contribution in [3.8, 4) is 11.5 Å². The smallest absolute Gasteiger partial charge is 0.138 e. The number of hydrogen-bond donors (Lipinski definition) is 1. The zero-order chi connectivity index (χ0) is 15.9. The van der Waals surface area contributed by atoms with Gasteiger partial charge in [-0.3, -0.25) is 0 Å². The highest BCUT2D eigenvalue weighted by atomic mass is 35.5. The summed E-state index contributed by atoms with van der Waals surface area (Å²) < 4.78 is 11.3. The van der Waals surface area contributed by atoms with E-state index in [0.717, 1.165) is 11.4 Å². The largest absolute Gasteiger partial charge is 0.494 e. The molecule has 2 aromatic rings. The van der Waals surface area contributed by atoms with E-state index in [0.29, 0.717) is 28.9 Å². The molecule has 0 saturated carbocycles. The molecule has 0 aliphatic carbocycles. The summed E-state index contributed by atoms with van der Waals surface area (Å²) in [5.41, 5.74) is 0.989. The Morgan fingerprint density at radius 2 is 1.95 bits per heavy atom. The Labute approximate surface area is 141 Å². The Kier molecular flexibility index (Phi) is 6.22. The van der Waals surface area contributed by atoms with E-state index in [-0.39, 0.29) is 6.10 Å². The van der Waals surface area contributed by atoms with Crippen molar-refractivity contribution in [1.82, 2.24) is 0 Å². The Morgan fingerprint density at radius 3 is 2.68 bits per heavy atom. The van der Waals surface area contributed by atoms with E-state index in [9.17, 15) is 0 Å². The second-order valence-corrected chi connectivity index (χ2v) is 5.69. The van der Waals surface area contributed by atoms with Crippen LogP contribution in [-0.4, -0.2) is 19.3 Å². The molecule has 2 aromatic carbocycles. The van der Waals surface area contributed by atoms with Gasteiger partial charge in [-0.1, -0.05) is 29.3 Å². The second kappa shape index (κ2) is 8.16. The van der Waals surface area contributed by atoms with Gasteiger partial charge in [-0.25, -0.2) is 0 Å². The lowest BCUT2D eigenvalue weighted by Gasteiger charge is -2.17. The Morgan fingerprint density at radius 1 is 1.14 bits per heavy atom. The summed E-state index contributed by atoms with van der Waals surface area (Å²) in [6, 6.07) is 13.0. The first-order valence-corrected chi connectivity index (χ1v) is 7.92. The lowest BCUT2D eigenvalue weighted by atomic mass is 10.3. The molecule has 0 amide bonds. The fourth-order valence-corrected chi connectivity index (χ4v) is 2.41. The predicted octanol–water partition coefficient (Wildman–Crippen LogP) is 5.27. The minimum absolute atomic E-state index is 0.0468. The third kappa shape index (κ3) is 5.00. The van der Waals surface area contributed by atoms with Crippen LogP contribution in [0.25, 0.3) is 0 Å². The van der Waals surface area contributed by atoms with E-state index in [1.807, 2.05) is 38.1 Å². The van der Waals surface area contributed by atoms with Gasteiger partial charge in [0.25, 0.3) is 0 Å². The number of hydrogen-bond acceptors (Lipinski definition) is 3. The Hall–Kier alpha value is -1.58. The van der Waals surface area contributed by atoms with Gasteiger partial charge >= 0.3 is 0 Å². The fraction of sp³-hybridized carbons (Fsp3) is 0.294. The van der Waals surface area contributed by atoms with Crippen molar-refractivity contribution >= 4 is 28.9 Å². The van der Waals surface area contributed by atoms with Gasteiger partial charge in [0.1, 0.15) is 17.6 Å². The monoisotopic (exact) mass is 339 g/mol. The van der Waals surface area contributed by atoms with Crippen molar-refractivity contribution in [2.75, 3.05) is 18.5 Å². The molecule has 0 unspecified atom stereocenters. The molecule has 22 heavy (non-hydrogen) atoms. The average Bonchev–Trinajstić information content (AvgIpc) is 2.49. The number of ether oxygens (including phenoxy) is 2. The second-order valence-electron chi connectivity index (χ2n) is 4.84. The summed E-state index contributed by atoms with van der Waals surface area (Å²) in [5.74, 6) is 1.48. The average molecular weight is 340 g/mol. The minimum Gasteiger partial charge on any atom is -0.494 e. The van der Waals surface area contributed by atoms with Gasteiger partial charge in [0.15, 0.2) is 0 Å². The summed E-state index contributed by atoms with van der Waals surface area (Å²) in [6.07, 6.45) is -0.0468. The quantitative estimate of drug-likeness (QED) is 0.745. The van der Waals surface area contributed by atoms with Crippen LogP contribution in [0.2, 0.25) is 10.0 Å². The highest BCUT2D eigenvalue weighted by Crippen LogP contribution is 2.28. The Bertz CT molecular complexity index is 619. The van der Waals surface area contributed by atoms with Crippen molar-refractivity contribution in [3.63, 3.8) is 0 Å². The van der Waals surface area contributed by atoms with Crippen LogP contribution < -0.4 is 14.8 Å². The Balaban J connectivity index is 1.89. The molecule has 0 heterocycles. The fourth-order valence-electron chi connectivity index (χ4n) is 1.95. The number of rotatable bonds is 7. The van der Waals surface area contributed by atoms with Gasteiger partial charge < -0.3 is 14.8 Å². The maximum Gasteiger partial charge on any atom is 0.138 e. The van der Waals surface area contributed by atoms with Crippen LogP contribution in [0.1, 0.15) is 13.8 Å². The van der Waals surface area contributed by atoms with Crippen molar-refractivity contribution in [2.24, 2.45) is 0 Å². The van der Waals surface area contributed by atoms with Gasteiger partial charge in [-0.05, 0) is 44.2 Å². The van der Waals surface area contributed by atoms with E-state index in [1.54, 1.807) is 18.2 Å². The number of benzene rings is 2. The summed E-state index contributed by atoms with van der Waals surface area (Å²) in [5, 5.41) is 4.43. The minimum atomic E-state index is -0.0468. The molecule has 0 aliphatic rings. The zero-order valence-corrected chi connectivity index (χ0v) is 14.1. The SMILES string of the molecule is CCOc1cccc(NC[C@H](C)Oc2ccc(Cl)cc2Cl)c1. The molecule has 2 rings (SSSR count). The highest BCUT2D eigenvalue weighted by Gasteiger charge is 2.08. The lowest BCUT2D eigenvalue weighted by molar-refractivity contribution is 0.235. The topological polar surface area (TPSA) is 30.5 Å². The molecule has 0 saturated heterocycles. The molecule has 3 nitrogen and oxygen atoms in total. The van der Waals surface area contributed by atoms with E-state index in [2.05, 4.69) is 5.32 Å². The molecule has 118 valence electrons. The van der Waals surface area contributed by atoms with Crippen LogP contribution in [0.4, 0.5) is 5.69 Å². The van der Waals surface area contributed by atoms with Crippen molar-refractivity contribution in [1.29, 1.82) is 0 Å². The van der Waals surface area contributed by atoms with Gasteiger partial charge in [0.05, 0.1) is 18.2 Å². The zero-order valence-electron chi connectivity index (χ0n) is 12.6. The lowest BCUT2D eigenvalue weighted by Crippen LogP contribution is -2.22. The van der Waals surface area contributed by atoms with Crippen molar-refractivity contribution in [3.05, 3.63) is 52.5 Å². The molecular formula is C17H19Cl2NO2. The number of halogens is 2. The van der Waals surface area contributed by atoms with Crippen LogP contribution >= 0.6 is 23.2 Å². The summed E-state index contributed by atoms with van der Waals surface area (Å²) >= 11 is 12.0. The molecule has 1 N–H and O–H groups in total. The van der Waals surface area contributed by atoms with E-state index < -0.39 is 0 Å². The number of anilines is 1. The van der Waals surface area contributed by atoms with Crippen molar-refractivity contribution < 1.29 is 9.47 Å². The van der Waals surface area contributed by atoms with E-state index in [4.69, 9.17) is 32.7 Å². The van der Waals surface area contributed by atoms with Gasteiger partial charge in [-0.2, -0.15) is 0 Å². The first kappa shape index (κ1) is 16.8. The molecule has 0 aromatic heterocycles. The number of nitrogens with one attached hydrogen (secondary N) is 1. The van der Waals surface area contributed by atoms with E-state index >= 15 is 0 Å². The van der Waals surface area contributed by atoms with Gasteiger partial charge in [-0.15, -0.1) is 0 Å². The van der Waals surface area contributed by atoms with Crippen molar-refractivity contribution in [2.45, 2.75) is 20.0 Å². The first-order valence-electron chi connectivity index (χ1n) is 7.17. The predicted molar refractivity (Wildman–Crippen MR) is 92.7 cm³/mol. The molecule has 1 atom stereocenters. The van der Waals surface area contributed by atoms with Crippen LogP contribution in [0, 0.1) is 0 Å². The summed E-state index contributed by atoms with van der Waals surface area (Å²) in [4.78, 5) is 0. The maximum atomic E-state index is 6.10. The molecule has 0 fully saturated rings. The molecular weight excluding hydrogens is 321 g/mol. The molecule has 5 heteroatoms. The van der Waals surface area contributed by atoms with E-state index in [1.165, 1.54) is 0 Å². The first-order chi connectivity index (χ1) is 10.6. The molecule has 0 radical (unpaired) electrons. The van der Waals surface area contributed by atoms with Crippen LogP contribution in [0.15, 0.2) is 42.5 Å². The third-order valence-electron chi connectivity index (χ3n) is 2.96.